The van der Waals surface area contributed by atoms with Crippen LogP contribution in [0.2, 0.25) is 5.02 Å². The van der Waals surface area contributed by atoms with Crippen molar-refractivity contribution in [3.05, 3.63) is 47.2 Å². The minimum absolute atomic E-state index is 0. The van der Waals surface area contributed by atoms with E-state index in [1.165, 1.54) is 24.3 Å². The molecule has 1 heterocycles. The zero-order valence-corrected chi connectivity index (χ0v) is 16.3. The molecule has 0 amide bonds. The van der Waals surface area contributed by atoms with E-state index < -0.39 is 17.9 Å². The Morgan fingerprint density at radius 2 is 1.79 bits per heavy atom. The number of rotatable bonds is 5. The molecule has 1 aliphatic heterocycles. The lowest BCUT2D eigenvalue weighted by molar-refractivity contribution is -0.275. The van der Waals surface area contributed by atoms with E-state index in [1.807, 2.05) is 0 Å². The van der Waals surface area contributed by atoms with Gasteiger partial charge in [-0.15, -0.1) is 25.6 Å². The molecule has 0 atom stereocenters. The molecule has 0 aliphatic carbocycles. The molecular weight excluding hydrogens is 421 g/mol. The van der Waals surface area contributed by atoms with Crippen molar-refractivity contribution in [2.24, 2.45) is 5.92 Å². The molecule has 0 bridgehead atoms. The second kappa shape index (κ2) is 9.67. The van der Waals surface area contributed by atoms with Crippen LogP contribution < -0.4 is 14.8 Å². The number of alkyl halides is 3. The lowest BCUT2D eigenvalue weighted by atomic mass is 9.99. The van der Waals surface area contributed by atoms with Crippen molar-refractivity contribution in [3.8, 4) is 22.6 Å². The predicted molar refractivity (Wildman–Crippen MR) is 102 cm³/mol. The normalized spacial score (nSPS) is 15.0. The molecule has 0 spiro atoms. The fraction of sp³-hybridized carbons (Fsp3) is 0.368. The molecule has 1 fully saturated rings. The monoisotopic (exact) mass is 439 g/mol. The van der Waals surface area contributed by atoms with E-state index in [9.17, 15) is 17.6 Å². The molecule has 9 heteroatoms. The van der Waals surface area contributed by atoms with E-state index in [-0.39, 0.29) is 41.3 Å². The summed E-state index contributed by atoms with van der Waals surface area (Å²) in [6, 6.07) is 8.27. The second-order valence-corrected chi connectivity index (χ2v) is 6.72. The summed E-state index contributed by atoms with van der Waals surface area (Å²) in [6.07, 6.45) is -3.11. The van der Waals surface area contributed by atoms with Crippen molar-refractivity contribution in [1.82, 2.24) is 5.32 Å². The molecule has 0 saturated carbocycles. The van der Waals surface area contributed by atoms with Gasteiger partial charge in [0.1, 0.15) is 5.82 Å². The highest BCUT2D eigenvalue weighted by Crippen LogP contribution is 2.38. The van der Waals surface area contributed by atoms with Gasteiger partial charge in [-0.1, -0.05) is 29.8 Å². The first-order valence-corrected chi connectivity index (χ1v) is 8.89. The van der Waals surface area contributed by atoms with Gasteiger partial charge in [0.2, 0.25) is 0 Å². The van der Waals surface area contributed by atoms with Gasteiger partial charge in [0.15, 0.2) is 11.5 Å². The zero-order valence-electron chi connectivity index (χ0n) is 14.7. The molecule has 154 valence electrons. The first-order valence-electron chi connectivity index (χ1n) is 8.51. The molecule has 2 aromatic carbocycles. The Kier molecular flexibility index (Phi) is 7.80. The van der Waals surface area contributed by atoms with Gasteiger partial charge < -0.3 is 14.8 Å². The molecule has 0 radical (unpaired) electrons. The van der Waals surface area contributed by atoms with Crippen LogP contribution in [0.4, 0.5) is 17.6 Å². The van der Waals surface area contributed by atoms with E-state index in [1.54, 1.807) is 6.07 Å². The Morgan fingerprint density at radius 3 is 2.46 bits per heavy atom. The predicted octanol–water partition coefficient (Wildman–Crippen LogP) is 5.84. The molecular formula is C19H19Cl2F4NO2. The molecule has 1 saturated heterocycles. The summed E-state index contributed by atoms with van der Waals surface area (Å²) in [7, 11) is 0. The van der Waals surface area contributed by atoms with E-state index in [4.69, 9.17) is 16.3 Å². The Balaban J connectivity index is 0.00000280. The van der Waals surface area contributed by atoms with Crippen LogP contribution in [0, 0.1) is 11.7 Å². The summed E-state index contributed by atoms with van der Waals surface area (Å²) >= 11 is 5.80. The maximum atomic E-state index is 14.3. The maximum absolute atomic E-state index is 14.3. The van der Waals surface area contributed by atoms with Crippen molar-refractivity contribution in [2.45, 2.75) is 19.2 Å². The Morgan fingerprint density at radius 1 is 1.07 bits per heavy atom. The Hall–Kier alpha value is -1.70. The van der Waals surface area contributed by atoms with Crippen molar-refractivity contribution in [1.29, 1.82) is 0 Å². The summed E-state index contributed by atoms with van der Waals surface area (Å²) in [5.74, 6) is -0.949. The fourth-order valence-corrected chi connectivity index (χ4v) is 3.15. The summed E-state index contributed by atoms with van der Waals surface area (Å²) in [6.45, 7) is 1.94. The summed E-state index contributed by atoms with van der Waals surface area (Å²) < 4.78 is 62.1. The number of halogens is 6. The number of piperidine rings is 1. The number of hydrogen-bond donors (Lipinski definition) is 1. The van der Waals surface area contributed by atoms with E-state index >= 15 is 0 Å². The lowest BCUT2D eigenvalue weighted by Crippen LogP contribution is -2.30. The Bertz CT molecular complexity index is 796. The second-order valence-electron chi connectivity index (χ2n) is 6.32. The van der Waals surface area contributed by atoms with Crippen LogP contribution in [0.15, 0.2) is 36.4 Å². The third-order valence-electron chi connectivity index (χ3n) is 4.37. The number of benzene rings is 2. The highest BCUT2D eigenvalue weighted by atomic mass is 35.5. The molecule has 3 nitrogen and oxygen atoms in total. The SMILES string of the molecule is Cl.Fc1c(Cl)cccc1-c1ccc(OC(F)(F)F)c(OCC2CCNCC2)c1. The van der Waals surface area contributed by atoms with Crippen molar-refractivity contribution in [3.63, 3.8) is 0 Å². The number of nitrogens with one attached hydrogen (secondary N) is 1. The standard InChI is InChI=1S/C19H18ClF4NO2.ClH/c20-15-3-1-2-14(18(15)21)13-4-5-16(27-19(22,23)24)17(10-13)26-11-12-6-8-25-9-7-12;/h1-5,10,12,25H,6-9,11H2;1H. The van der Waals surface area contributed by atoms with Gasteiger partial charge in [-0.05, 0) is 55.6 Å². The van der Waals surface area contributed by atoms with Gasteiger partial charge in [0.05, 0.1) is 11.6 Å². The fourth-order valence-electron chi connectivity index (χ4n) is 2.98. The minimum Gasteiger partial charge on any atom is -0.489 e. The van der Waals surface area contributed by atoms with Gasteiger partial charge in [-0.2, -0.15) is 0 Å². The largest absolute Gasteiger partial charge is 0.573 e. The zero-order chi connectivity index (χ0) is 19.4. The van der Waals surface area contributed by atoms with Crippen LogP contribution in [0.1, 0.15) is 12.8 Å². The average Bonchev–Trinajstić information content (AvgIpc) is 2.63. The van der Waals surface area contributed by atoms with Crippen molar-refractivity contribution >= 4 is 24.0 Å². The third kappa shape index (κ3) is 5.90. The van der Waals surface area contributed by atoms with Gasteiger partial charge in [-0.3, -0.25) is 0 Å². The quantitative estimate of drug-likeness (QED) is 0.593. The van der Waals surface area contributed by atoms with Gasteiger partial charge in [-0.25, -0.2) is 4.39 Å². The van der Waals surface area contributed by atoms with Gasteiger partial charge in [0, 0.05) is 5.56 Å². The first kappa shape index (κ1) is 22.6. The Labute approximate surface area is 171 Å². The minimum atomic E-state index is -4.85. The van der Waals surface area contributed by atoms with Crippen LogP contribution in [0.25, 0.3) is 11.1 Å². The smallest absolute Gasteiger partial charge is 0.489 e. The summed E-state index contributed by atoms with van der Waals surface area (Å²) in [4.78, 5) is 0. The molecule has 1 N–H and O–H groups in total. The van der Waals surface area contributed by atoms with E-state index in [0.29, 0.717) is 5.56 Å². The van der Waals surface area contributed by atoms with Gasteiger partial charge in [0.25, 0.3) is 0 Å². The van der Waals surface area contributed by atoms with Gasteiger partial charge >= 0.3 is 6.36 Å². The topological polar surface area (TPSA) is 30.5 Å². The molecule has 2 aromatic rings. The lowest BCUT2D eigenvalue weighted by Gasteiger charge is -2.23. The van der Waals surface area contributed by atoms with E-state index in [0.717, 1.165) is 32.0 Å². The molecule has 3 rings (SSSR count). The van der Waals surface area contributed by atoms with Crippen molar-refractivity contribution in [2.75, 3.05) is 19.7 Å². The molecule has 0 unspecified atom stereocenters. The van der Waals surface area contributed by atoms with Crippen molar-refractivity contribution < 1.29 is 27.0 Å². The van der Waals surface area contributed by atoms with Crippen LogP contribution in [-0.4, -0.2) is 26.1 Å². The molecule has 0 aromatic heterocycles. The molecule has 28 heavy (non-hydrogen) atoms. The van der Waals surface area contributed by atoms with Crippen LogP contribution >= 0.6 is 24.0 Å². The van der Waals surface area contributed by atoms with Crippen LogP contribution in [-0.2, 0) is 0 Å². The maximum Gasteiger partial charge on any atom is 0.573 e. The number of ether oxygens (including phenoxy) is 2. The molecule has 1 aliphatic rings. The summed E-state index contributed by atoms with van der Waals surface area (Å²) in [5, 5.41) is 3.15. The van der Waals surface area contributed by atoms with E-state index in [2.05, 4.69) is 10.1 Å². The highest BCUT2D eigenvalue weighted by Gasteiger charge is 2.33. The van der Waals surface area contributed by atoms with Crippen LogP contribution in [0.5, 0.6) is 11.5 Å². The third-order valence-corrected chi connectivity index (χ3v) is 4.66. The van der Waals surface area contributed by atoms with Crippen LogP contribution in [0.3, 0.4) is 0 Å². The summed E-state index contributed by atoms with van der Waals surface area (Å²) in [5.41, 5.74) is 0.526. The first-order chi connectivity index (χ1) is 12.8. The average molecular weight is 440 g/mol. The number of hydrogen-bond acceptors (Lipinski definition) is 3. The highest BCUT2D eigenvalue weighted by molar-refractivity contribution is 6.31.